The quantitative estimate of drug-likeness (QED) is 0.847. The molecule has 2 rings (SSSR count). The van der Waals surface area contributed by atoms with E-state index in [0.29, 0.717) is 4.47 Å². The van der Waals surface area contributed by atoms with Gasteiger partial charge in [-0.1, -0.05) is 6.07 Å². The molecule has 0 spiro atoms. The van der Waals surface area contributed by atoms with Crippen LogP contribution in [0.3, 0.4) is 0 Å². The second kappa shape index (κ2) is 7.87. The van der Waals surface area contributed by atoms with Crippen LogP contribution in [0.2, 0.25) is 0 Å². The van der Waals surface area contributed by atoms with Crippen LogP contribution in [-0.4, -0.2) is 41.8 Å². The predicted octanol–water partition coefficient (Wildman–Crippen LogP) is 3.04. The maximum atomic E-state index is 13.5. The number of ether oxygens (including phenoxy) is 1. The molecule has 0 unspecified atom stereocenters. The monoisotopic (exact) mass is 359 g/mol. The third-order valence-electron chi connectivity index (χ3n) is 3.59. The standard InChI is InChI=1S/C15H19BrFNO3/c16-13-2-1-11(9-14(13)17)10-18-6-3-12(4-7-18)21-8-5-15(19)20/h1-2,9,12H,3-8,10H2,(H,19,20). The average Bonchev–Trinajstić information content (AvgIpc) is 2.44. The Hall–Kier alpha value is -0.980. The van der Waals surface area contributed by atoms with Gasteiger partial charge in [-0.2, -0.15) is 0 Å². The Bertz CT molecular complexity index is 490. The molecule has 21 heavy (non-hydrogen) atoms. The van der Waals surface area contributed by atoms with E-state index in [2.05, 4.69) is 20.8 Å². The molecule has 1 aliphatic rings. The van der Waals surface area contributed by atoms with Gasteiger partial charge in [0.15, 0.2) is 0 Å². The van der Waals surface area contributed by atoms with Gasteiger partial charge in [-0.3, -0.25) is 9.69 Å². The van der Waals surface area contributed by atoms with E-state index in [1.807, 2.05) is 6.07 Å². The topological polar surface area (TPSA) is 49.8 Å². The second-order valence-electron chi connectivity index (χ2n) is 5.24. The summed E-state index contributed by atoms with van der Waals surface area (Å²) in [6.45, 7) is 2.77. The van der Waals surface area contributed by atoms with Gasteiger partial charge in [0.05, 0.1) is 23.6 Å². The van der Waals surface area contributed by atoms with Crippen molar-refractivity contribution >= 4 is 21.9 Å². The lowest BCUT2D eigenvalue weighted by Crippen LogP contribution is -2.36. The fraction of sp³-hybridized carbons (Fsp3) is 0.533. The minimum atomic E-state index is -0.829. The molecule has 0 amide bonds. The summed E-state index contributed by atoms with van der Waals surface area (Å²) < 4.78 is 19.5. The molecule has 0 saturated carbocycles. The van der Waals surface area contributed by atoms with Gasteiger partial charge in [-0.05, 0) is 46.5 Å². The van der Waals surface area contributed by atoms with E-state index in [4.69, 9.17) is 9.84 Å². The minimum absolute atomic E-state index is 0.0540. The fourth-order valence-corrected chi connectivity index (χ4v) is 2.69. The van der Waals surface area contributed by atoms with Crippen LogP contribution in [0.4, 0.5) is 4.39 Å². The van der Waals surface area contributed by atoms with Crippen LogP contribution in [0, 0.1) is 5.82 Å². The first kappa shape index (κ1) is 16.4. The molecule has 1 aliphatic heterocycles. The van der Waals surface area contributed by atoms with E-state index < -0.39 is 5.97 Å². The third-order valence-corrected chi connectivity index (χ3v) is 4.24. The highest BCUT2D eigenvalue weighted by Crippen LogP contribution is 2.20. The van der Waals surface area contributed by atoms with E-state index in [1.54, 1.807) is 12.1 Å². The van der Waals surface area contributed by atoms with Crippen LogP contribution in [0.1, 0.15) is 24.8 Å². The molecule has 1 heterocycles. The minimum Gasteiger partial charge on any atom is -0.481 e. The van der Waals surface area contributed by atoms with Crippen molar-refractivity contribution in [3.63, 3.8) is 0 Å². The normalized spacial score (nSPS) is 17.0. The van der Waals surface area contributed by atoms with Crippen molar-refractivity contribution in [3.8, 4) is 0 Å². The number of hydrogen-bond donors (Lipinski definition) is 1. The Kier molecular flexibility index (Phi) is 6.14. The van der Waals surface area contributed by atoms with Gasteiger partial charge in [0.1, 0.15) is 5.82 Å². The number of carbonyl (C=O) groups is 1. The van der Waals surface area contributed by atoms with E-state index in [9.17, 15) is 9.18 Å². The molecule has 1 aromatic carbocycles. The van der Waals surface area contributed by atoms with Gasteiger partial charge in [0.2, 0.25) is 0 Å². The number of nitrogens with zero attached hydrogens (tertiary/aromatic N) is 1. The number of carboxylic acid groups (broad SMARTS) is 1. The molecule has 4 nitrogen and oxygen atoms in total. The Balaban J connectivity index is 1.73. The molecule has 1 saturated heterocycles. The first-order chi connectivity index (χ1) is 10.0. The van der Waals surface area contributed by atoms with Gasteiger partial charge in [0, 0.05) is 19.6 Å². The molecule has 0 aromatic heterocycles. The highest BCUT2D eigenvalue weighted by atomic mass is 79.9. The highest BCUT2D eigenvalue weighted by molar-refractivity contribution is 9.10. The molecular weight excluding hydrogens is 341 g/mol. The molecule has 0 aliphatic carbocycles. The summed E-state index contributed by atoms with van der Waals surface area (Å²) >= 11 is 3.15. The summed E-state index contributed by atoms with van der Waals surface area (Å²) in [5, 5.41) is 8.57. The van der Waals surface area contributed by atoms with Crippen LogP contribution in [0.5, 0.6) is 0 Å². The number of likely N-dealkylation sites (tertiary alicyclic amines) is 1. The number of hydrogen-bond acceptors (Lipinski definition) is 3. The number of piperidine rings is 1. The highest BCUT2D eigenvalue weighted by Gasteiger charge is 2.20. The first-order valence-corrected chi connectivity index (χ1v) is 7.83. The van der Waals surface area contributed by atoms with Gasteiger partial charge in [-0.25, -0.2) is 4.39 Å². The van der Waals surface area contributed by atoms with Crippen LogP contribution < -0.4 is 0 Å². The van der Waals surface area contributed by atoms with Crippen molar-refractivity contribution in [2.24, 2.45) is 0 Å². The summed E-state index contributed by atoms with van der Waals surface area (Å²) in [6, 6.07) is 5.20. The van der Waals surface area contributed by atoms with Crippen molar-refractivity contribution in [2.45, 2.75) is 31.9 Å². The van der Waals surface area contributed by atoms with Crippen molar-refractivity contribution in [1.82, 2.24) is 4.90 Å². The number of rotatable bonds is 6. The number of halogens is 2. The lowest BCUT2D eigenvalue weighted by atomic mass is 10.1. The van der Waals surface area contributed by atoms with Gasteiger partial charge in [0.25, 0.3) is 0 Å². The SMILES string of the molecule is O=C(O)CCOC1CCN(Cc2ccc(Br)c(F)c2)CC1. The molecule has 0 atom stereocenters. The molecule has 0 bridgehead atoms. The van der Waals surface area contributed by atoms with Crippen LogP contribution >= 0.6 is 15.9 Å². The van der Waals surface area contributed by atoms with E-state index in [0.717, 1.165) is 38.0 Å². The molecule has 1 N–H and O–H groups in total. The van der Waals surface area contributed by atoms with Crippen molar-refractivity contribution < 1.29 is 19.0 Å². The van der Waals surface area contributed by atoms with Gasteiger partial charge >= 0.3 is 5.97 Å². The average molecular weight is 360 g/mol. The molecule has 1 aromatic rings. The van der Waals surface area contributed by atoms with Crippen molar-refractivity contribution in [3.05, 3.63) is 34.1 Å². The zero-order valence-corrected chi connectivity index (χ0v) is 13.3. The zero-order valence-electron chi connectivity index (χ0n) is 11.7. The fourth-order valence-electron chi connectivity index (χ4n) is 2.44. The lowest BCUT2D eigenvalue weighted by molar-refractivity contribution is -0.138. The molecule has 0 radical (unpaired) electrons. The Morgan fingerprint density at radius 1 is 1.43 bits per heavy atom. The largest absolute Gasteiger partial charge is 0.481 e. The Morgan fingerprint density at radius 2 is 2.14 bits per heavy atom. The number of benzene rings is 1. The Labute approximate surface area is 132 Å². The smallest absolute Gasteiger partial charge is 0.305 e. The van der Waals surface area contributed by atoms with E-state index >= 15 is 0 Å². The number of carboxylic acids is 1. The first-order valence-electron chi connectivity index (χ1n) is 7.04. The second-order valence-corrected chi connectivity index (χ2v) is 6.09. The maximum Gasteiger partial charge on any atom is 0.305 e. The van der Waals surface area contributed by atoms with Crippen LogP contribution in [0.15, 0.2) is 22.7 Å². The van der Waals surface area contributed by atoms with Crippen molar-refractivity contribution in [2.75, 3.05) is 19.7 Å². The van der Waals surface area contributed by atoms with E-state index in [-0.39, 0.29) is 24.9 Å². The predicted molar refractivity (Wildman–Crippen MR) is 80.6 cm³/mol. The summed E-state index contributed by atoms with van der Waals surface area (Å²) in [5.74, 6) is -1.07. The third kappa shape index (κ3) is 5.37. The van der Waals surface area contributed by atoms with Gasteiger partial charge < -0.3 is 9.84 Å². The zero-order chi connectivity index (χ0) is 15.2. The molecule has 1 fully saturated rings. The van der Waals surface area contributed by atoms with Crippen LogP contribution in [-0.2, 0) is 16.1 Å². The molecule has 6 heteroatoms. The van der Waals surface area contributed by atoms with Crippen LogP contribution in [0.25, 0.3) is 0 Å². The summed E-state index contributed by atoms with van der Waals surface area (Å²) in [5.41, 5.74) is 0.959. The van der Waals surface area contributed by atoms with Crippen molar-refractivity contribution in [1.29, 1.82) is 0 Å². The summed E-state index contributed by atoms with van der Waals surface area (Å²) in [6.07, 6.45) is 1.97. The Morgan fingerprint density at radius 3 is 2.76 bits per heavy atom. The number of aliphatic carboxylic acids is 1. The molecule has 116 valence electrons. The van der Waals surface area contributed by atoms with Gasteiger partial charge in [-0.15, -0.1) is 0 Å². The summed E-state index contributed by atoms with van der Waals surface area (Å²) in [4.78, 5) is 12.7. The summed E-state index contributed by atoms with van der Waals surface area (Å²) in [7, 11) is 0. The maximum absolute atomic E-state index is 13.5. The van der Waals surface area contributed by atoms with E-state index in [1.165, 1.54) is 0 Å². The molecular formula is C15H19BrFNO3. The lowest BCUT2D eigenvalue weighted by Gasteiger charge is -2.31.